The molecule has 0 saturated carbocycles. The van der Waals surface area contributed by atoms with Gasteiger partial charge in [0.15, 0.2) is 0 Å². The van der Waals surface area contributed by atoms with Gasteiger partial charge in [-0.25, -0.2) is 4.39 Å². The van der Waals surface area contributed by atoms with Crippen molar-refractivity contribution < 1.29 is 9.50 Å². The van der Waals surface area contributed by atoms with Gasteiger partial charge in [0.2, 0.25) is 0 Å². The largest absolute Gasteiger partial charge is 0.395 e. The van der Waals surface area contributed by atoms with E-state index in [0.29, 0.717) is 29.7 Å². The maximum atomic E-state index is 13.7. The van der Waals surface area contributed by atoms with E-state index < -0.39 is 0 Å². The molecule has 0 spiro atoms. The van der Waals surface area contributed by atoms with Crippen molar-refractivity contribution >= 4 is 11.6 Å². The smallest absolute Gasteiger partial charge is 0.129 e. The highest BCUT2D eigenvalue weighted by Gasteiger charge is 2.18. The molecule has 4 heteroatoms. The average Bonchev–Trinajstić information content (AvgIpc) is 2.35. The summed E-state index contributed by atoms with van der Waals surface area (Å²) in [5, 5.41) is 9.57. The SMILES string of the molecule is CCC(CC)N(CCO)Cc1c(F)cccc1Cl. The van der Waals surface area contributed by atoms with E-state index in [0.717, 1.165) is 12.8 Å². The first kappa shape index (κ1) is 15.4. The zero-order chi connectivity index (χ0) is 13.5. The van der Waals surface area contributed by atoms with Crippen LogP contribution < -0.4 is 0 Å². The molecule has 0 heterocycles. The number of benzene rings is 1. The zero-order valence-corrected chi connectivity index (χ0v) is 11.8. The summed E-state index contributed by atoms with van der Waals surface area (Å²) in [6.07, 6.45) is 1.95. The fourth-order valence-corrected chi connectivity index (χ4v) is 2.43. The molecule has 0 unspecified atom stereocenters. The molecule has 0 fully saturated rings. The van der Waals surface area contributed by atoms with Gasteiger partial charge in [-0.1, -0.05) is 31.5 Å². The minimum atomic E-state index is -0.281. The summed E-state index contributed by atoms with van der Waals surface area (Å²) in [4.78, 5) is 2.09. The van der Waals surface area contributed by atoms with Gasteiger partial charge in [-0.2, -0.15) is 0 Å². The Hall–Kier alpha value is -0.640. The fourth-order valence-electron chi connectivity index (χ4n) is 2.21. The molecule has 0 atom stereocenters. The third-order valence-electron chi connectivity index (χ3n) is 3.27. The summed E-state index contributed by atoms with van der Waals surface area (Å²) in [5.74, 6) is -0.281. The predicted octanol–water partition coefficient (Wildman–Crippen LogP) is 3.46. The van der Waals surface area contributed by atoms with Gasteiger partial charge < -0.3 is 5.11 Å². The summed E-state index contributed by atoms with van der Waals surface area (Å²) in [6.45, 7) is 5.25. The van der Waals surface area contributed by atoms with Crippen LogP contribution in [-0.2, 0) is 6.54 Å². The van der Waals surface area contributed by atoms with Crippen molar-refractivity contribution in [3.63, 3.8) is 0 Å². The number of hydrogen-bond acceptors (Lipinski definition) is 2. The van der Waals surface area contributed by atoms with Crippen LogP contribution in [0.15, 0.2) is 18.2 Å². The van der Waals surface area contributed by atoms with E-state index in [1.54, 1.807) is 12.1 Å². The Kier molecular flexibility index (Phi) is 6.61. The molecule has 0 radical (unpaired) electrons. The van der Waals surface area contributed by atoms with Crippen LogP contribution in [0.5, 0.6) is 0 Å². The van der Waals surface area contributed by atoms with Crippen LogP contribution in [0.4, 0.5) is 4.39 Å². The van der Waals surface area contributed by atoms with Gasteiger partial charge in [-0.15, -0.1) is 0 Å². The Morgan fingerprint density at radius 2 is 2.00 bits per heavy atom. The molecule has 2 nitrogen and oxygen atoms in total. The standard InChI is InChI=1S/C14H21ClFNO/c1-3-11(4-2)17(8-9-18)10-12-13(15)6-5-7-14(12)16/h5-7,11,18H,3-4,8-10H2,1-2H3. The Morgan fingerprint density at radius 3 is 2.50 bits per heavy atom. The van der Waals surface area contributed by atoms with Gasteiger partial charge in [0, 0.05) is 29.7 Å². The Labute approximate surface area is 113 Å². The molecule has 1 aromatic rings. The molecular weight excluding hydrogens is 253 g/mol. The van der Waals surface area contributed by atoms with Crippen molar-refractivity contribution in [3.05, 3.63) is 34.6 Å². The first-order valence-electron chi connectivity index (χ1n) is 6.41. The minimum Gasteiger partial charge on any atom is -0.395 e. The topological polar surface area (TPSA) is 23.5 Å². The molecule has 0 saturated heterocycles. The van der Waals surface area contributed by atoms with Crippen molar-refractivity contribution in [1.29, 1.82) is 0 Å². The third-order valence-corrected chi connectivity index (χ3v) is 3.62. The highest BCUT2D eigenvalue weighted by atomic mass is 35.5. The van der Waals surface area contributed by atoms with Crippen LogP contribution in [0.3, 0.4) is 0 Å². The molecule has 0 aliphatic carbocycles. The molecular formula is C14H21ClFNO. The lowest BCUT2D eigenvalue weighted by Gasteiger charge is -2.30. The molecule has 0 bridgehead atoms. The minimum absolute atomic E-state index is 0.0720. The molecule has 0 aliphatic rings. The van der Waals surface area contributed by atoms with Gasteiger partial charge in [-0.05, 0) is 25.0 Å². The molecule has 0 aliphatic heterocycles. The van der Waals surface area contributed by atoms with Crippen LogP contribution in [0.25, 0.3) is 0 Å². The van der Waals surface area contributed by atoms with Crippen molar-refractivity contribution in [2.24, 2.45) is 0 Å². The monoisotopic (exact) mass is 273 g/mol. The van der Waals surface area contributed by atoms with E-state index in [-0.39, 0.29) is 12.4 Å². The first-order chi connectivity index (χ1) is 8.63. The molecule has 1 rings (SSSR count). The number of rotatable bonds is 7. The van der Waals surface area contributed by atoms with Crippen LogP contribution in [0.2, 0.25) is 5.02 Å². The number of nitrogens with zero attached hydrogens (tertiary/aromatic N) is 1. The van der Waals surface area contributed by atoms with Gasteiger partial charge in [0.05, 0.1) is 6.61 Å². The lowest BCUT2D eigenvalue weighted by atomic mass is 10.1. The normalized spacial score (nSPS) is 11.5. The van der Waals surface area contributed by atoms with Crippen LogP contribution in [-0.4, -0.2) is 29.2 Å². The summed E-state index contributed by atoms with van der Waals surface area (Å²) in [7, 11) is 0. The Balaban J connectivity index is 2.89. The van der Waals surface area contributed by atoms with E-state index in [1.807, 2.05) is 0 Å². The molecule has 18 heavy (non-hydrogen) atoms. The van der Waals surface area contributed by atoms with E-state index in [1.165, 1.54) is 6.07 Å². The highest BCUT2D eigenvalue weighted by Crippen LogP contribution is 2.22. The summed E-state index contributed by atoms with van der Waals surface area (Å²) in [6, 6.07) is 5.07. The second-order valence-electron chi connectivity index (χ2n) is 4.36. The van der Waals surface area contributed by atoms with Crippen molar-refractivity contribution in [3.8, 4) is 0 Å². The molecule has 1 aromatic carbocycles. The second-order valence-corrected chi connectivity index (χ2v) is 4.77. The Morgan fingerprint density at radius 1 is 1.33 bits per heavy atom. The van der Waals surface area contributed by atoms with Gasteiger partial charge in [-0.3, -0.25) is 4.90 Å². The van der Waals surface area contributed by atoms with E-state index >= 15 is 0 Å². The molecule has 1 N–H and O–H groups in total. The predicted molar refractivity (Wildman–Crippen MR) is 73.3 cm³/mol. The van der Waals surface area contributed by atoms with Crippen molar-refractivity contribution in [2.45, 2.75) is 39.3 Å². The maximum Gasteiger partial charge on any atom is 0.129 e. The van der Waals surface area contributed by atoms with Crippen LogP contribution >= 0.6 is 11.6 Å². The number of aliphatic hydroxyl groups excluding tert-OH is 1. The van der Waals surface area contributed by atoms with Crippen LogP contribution in [0, 0.1) is 5.82 Å². The maximum absolute atomic E-state index is 13.7. The third kappa shape index (κ3) is 3.94. The summed E-state index contributed by atoms with van der Waals surface area (Å²) < 4.78 is 13.7. The van der Waals surface area contributed by atoms with Crippen molar-refractivity contribution in [1.82, 2.24) is 4.90 Å². The van der Waals surface area contributed by atoms with E-state index in [4.69, 9.17) is 16.7 Å². The molecule has 0 aromatic heterocycles. The number of halogens is 2. The first-order valence-corrected chi connectivity index (χ1v) is 6.79. The molecule has 102 valence electrons. The van der Waals surface area contributed by atoms with E-state index in [9.17, 15) is 4.39 Å². The fraction of sp³-hybridized carbons (Fsp3) is 0.571. The average molecular weight is 274 g/mol. The lowest BCUT2D eigenvalue weighted by molar-refractivity contribution is 0.135. The number of hydrogen-bond donors (Lipinski definition) is 1. The van der Waals surface area contributed by atoms with Gasteiger partial charge >= 0.3 is 0 Å². The van der Waals surface area contributed by atoms with Gasteiger partial charge in [0.25, 0.3) is 0 Å². The quantitative estimate of drug-likeness (QED) is 0.822. The highest BCUT2D eigenvalue weighted by molar-refractivity contribution is 6.31. The summed E-state index contributed by atoms with van der Waals surface area (Å²) >= 11 is 6.04. The number of aliphatic hydroxyl groups is 1. The second kappa shape index (κ2) is 7.72. The molecule has 0 amide bonds. The lowest BCUT2D eigenvalue weighted by Crippen LogP contribution is -2.36. The van der Waals surface area contributed by atoms with Crippen LogP contribution in [0.1, 0.15) is 32.3 Å². The van der Waals surface area contributed by atoms with E-state index in [2.05, 4.69) is 18.7 Å². The zero-order valence-electron chi connectivity index (χ0n) is 11.0. The summed E-state index contributed by atoms with van der Waals surface area (Å²) in [5.41, 5.74) is 0.513. The Bertz CT molecular complexity index is 349. The van der Waals surface area contributed by atoms with Gasteiger partial charge in [0.1, 0.15) is 5.82 Å². The van der Waals surface area contributed by atoms with Crippen molar-refractivity contribution in [2.75, 3.05) is 13.2 Å².